The van der Waals surface area contributed by atoms with Gasteiger partial charge in [0.15, 0.2) is 0 Å². The van der Waals surface area contributed by atoms with E-state index in [9.17, 15) is 0 Å². The van der Waals surface area contributed by atoms with Gasteiger partial charge >= 0.3 is 0 Å². The predicted octanol–water partition coefficient (Wildman–Crippen LogP) is 4.58. The summed E-state index contributed by atoms with van der Waals surface area (Å²) < 4.78 is 5.98. The van der Waals surface area contributed by atoms with Crippen molar-refractivity contribution < 1.29 is 4.74 Å². The van der Waals surface area contributed by atoms with Crippen LogP contribution in [0.1, 0.15) is 58.8 Å². The first-order valence-corrected chi connectivity index (χ1v) is 7.13. The van der Waals surface area contributed by atoms with Gasteiger partial charge in [-0.1, -0.05) is 68.0 Å². The summed E-state index contributed by atoms with van der Waals surface area (Å²) in [4.78, 5) is 0. The van der Waals surface area contributed by atoms with Crippen LogP contribution in [-0.2, 0) is 4.74 Å². The quantitative estimate of drug-likeness (QED) is 0.344. The number of halogens is 1. The third kappa shape index (κ3) is 8.04. The Labute approximate surface area is 103 Å². The van der Waals surface area contributed by atoms with E-state index in [4.69, 9.17) is 4.74 Å². The molecule has 14 heavy (non-hydrogen) atoms. The first-order chi connectivity index (χ1) is 6.72. The molecule has 0 bridgehead atoms. The molecule has 0 fully saturated rings. The highest BCUT2D eigenvalue weighted by molar-refractivity contribution is 14.1. The molecule has 0 radical (unpaired) electrons. The third-order valence-corrected chi connectivity index (χ3v) is 4.35. The topological polar surface area (TPSA) is 9.23 Å². The van der Waals surface area contributed by atoms with Gasteiger partial charge in [0.1, 0.15) is 0 Å². The van der Waals surface area contributed by atoms with Crippen molar-refractivity contribution in [1.82, 2.24) is 0 Å². The lowest BCUT2D eigenvalue weighted by Crippen LogP contribution is -2.18. The number of ether oxygens (including phenoxy) is 1. The average molecular weight is 312 g/mol. The molecule has 0 heterocycles. The van der Waals surface area contributed by atoms with E-state index in [1.54, 1.807) is 7.11 Å². The van der Waals surface area contributed by atoms with Crippen LogP contribution in [0.15, 0.2) is 0 Å². The molecular formula is C12H25IO. The summed E-state index contributed by atoms with van der Waals surface area (Å²) in [6.07, 6.45) is 10.1. The van der Waals surface area contributed by atoms with Gasteiger partial charge in [-0.05, 0) is 13.3 Å². The second kappa shape index (κ2) is 10.2. The number of hydrogen-bond acceptors (Lipinski definition) is 1. The van der Waals surface area contributed by atoms with Gasteiger partial charge in [0.05, 0.1) is 6.10 Å². The molecule has 0 aliphatic carbocycles. The zero-order valence-corrected chi connectivity index (χ0v) is 12.0. The third-order valence-electron chi connectivity index (χ3n) is 2.71. The maximum absolute atomic E-state index is 5.30. The van der Waals surface area contributed by atoms with Crippen LogP contribution >= 0.6 is 22.6 Å². The van der Waals surface area contributed by atoms with E-state index in [-0.39, 0.29) is 0 Å². The molecule has 0 aromatic heterocycles. The van der Waals surface area contributed by atoms with Gasteiger partial charge in [0.25, 0.3) is 0 Å². The minimum absolute atomic E-state index is 0.409. The molecule has 0 saturated heterocycles. The molecule has 86 valence electrons. The summed E-state index contributed by atoms with van der Waals surface area (Å²) in [5.41, 5.74) is 0. The maximum Gasteiger partial charge on any atom is 0.0660 e. The largest absolute Gasteiger partial charge is 0.381 e. The van der Waals surface area contributed by atoms with Gasteiger partial charge in [-0.25, -0.2) is 0 Å². The highest BCUT2D eigenvalue weighted by Crippen LogP contribution is 2.17. The molecule has 0 saturated carbocycles. The second-order valence-electron chi connectivity index (χ2n) is 4.01. The molecule has 2 atom stereocenters. The highest BCUT2D eigenvalue weighted by Gasteiger charge is 2.11. The van der Waals surface area contributed by atoms with Crippen molar-refractivity contribution in [2.75, 3.05) is 7.11 Å². The minimum atomic E-state index is 0.409. The number of alkyl halides is 1. The monoisotopic (exact) mass is 312 g/mol. The van der Waals surface area contributed by atoms with Crippen molar-refractivity contribution in [3.8, 4) is 0 Å². The SMILES string of the molecule is CCCCCCCC[C@@H](I)[C@H](C)OC. The van der Waals surface area contributed by atoms with Crippen molar-refractivity contribution in [3.63, 3.8) is 0 Å². The Hall–Kier alpha value is 0.690. The first-order valence-electron chi connectivity index (χ1n) is 5.89. The predicted molar refractivity (Wildman–Crippen MR) is 72.3 cm³/mol. The number of rotatable bonds is 9. The molecule has 0 rings (SSSR count). The molecule has 0 N–H and O–H groups in total. The normalized spacial score (nSPS) is 15.4. The first kappa shape index (κ1) is 14.7. The van der Waals surface area contributed by atoms with Crippen LogP contribution in [0.4, 0.5) is 0 Å². The Morgan fingerprint density at radius 3 is 2.21 bits per heavy atom. The Morgan fingerprint density at radius 2 is 1.64 bits per heavy atom. The molecule has 0 aromatic rings. The molecule has 0 aliphatic rings. The van der Waals surface area contributed by atoms with Crippen molar-refractivity contribution in [2.24, 2.45) is 0 Å². The standard InChI is InChI=1S/C12H25IO/c1-4-5-6-7-8-9-10-12(13)11(2)14-3/h11-12H,4-10H2,1-3H3/t11-,12+/m0/s1. The summed E-state index contributed by atoms with van der Waals surface area (Å²) in [6.45, 7) is 4.43. The molecule has 0 spiro atoms. The Balaban J connectivity index is 3.18. The fourth-order valence-corrected chi connectivity index (χ4v) is 2.24. The van der Waals surface area contributed by atoms with E-state index < -0.39 is 0 Å². The zero-order chi connectivity index (χ0) is 10.8. The van der Waals surface area contributed by atoms with Crippen LogP contribution in [0.5, 0.6) is 0 Å². The van der Waals surface area contributed by atoms with Crippen molar-refractivity contribution >= 4 is 22.6 Å². The molecule has 2 heteroatoms. The number of hydrogen-bond donors (Lipinski definition) is 0. The molecule has 1 nitrogen and oxygen atoms in total. The van der Waals surface area contributed by atoms with Crippen molar-refractivity contribution in [1.29, 1.82) is 0 Å². The molecular weight excluding hydrogens is 287 g/mol. The van der Waals surface area contributed by atoms with E-state index in [1.807, 2.05) is 0 Å². The summed E-state index contributed by atoms with van der Waals surface area (Å²) in [7, 11) is 1.80. The average Bonchev–Trinajstić information content (AvgIpc) is 2.21. The lowest BCUT2D eigenvalue weighted by atomic mass is 10.1. The second-order valence-corrected chi connectivity index (χ2v) is 5.61. The zero-order valence-electron chi connectivity index (χ0n) is 9.89. The summed E-state index contributed by atoms with van der Waals surface area (Å²) >= 11 is 2.51. The van der Waals surface area contributed by atoms with Gasteiger partial charge in [0, 0.05) is 11.0 Å². The van der Waals surface area contributed by atoms with Gasteiger partial charge in [-0.2, -0.15) is 0 Å². The summed E-state index contributed by atoms with van der Waals surface area (Å²) in [5.74, 6) is 0. The van der Waals surface area contributed by atoms with E-state index >= 15 is 0 Å². The van der Waals surface area contributed by atoms with Crippen LogP contribution in [0.3, 0.4) is 0 Å². The van der Waals surface area contributed by atoms with Crippen molar-refractivity contribution in [3.05, 3.63) is 0 Å². The van der Waals surface area contributed by atoms with Crippen LogP contribution < -0.4 is 0 Å². The van der Waals surface area contributed by atoms with E-state index in [1.165, 1.54) is 44.9 Å². The van der Waals surface area contributed by atoms with E-state index in [2.05, 4.69) is 36.4 Å². The van der Waals surface area contributed by atoms with Gasteiger partial charge in [0.2, 0.25) is 0 Å². The van der Waals surface area contributed by atoms with E-state index in [0.29, 0.717) is 10.0 Å². The fourth-order valence-electron chi connectivity index (χ4n) is 1.50. The van der Waals surface area contributed by atoms with Crippen LogP contribution in [-0.4, -0.2) is 17.1 Å². The fraction of sp³-hybridized carbons (Fsp3) is 1.00. The number of methoxy groups -OCH3 is 1. The Bertz CT molecular complexity index is 117. The lowest BCUT2D eigenvalue weighted by molar-refractivity contribution is 0.117. The number of unbranched alkanes of at least 4 members (excludes halogenated alkanes) is 5. The molecule has 0 unspecified atom stereocenters. The maximum atomic E-state index is 5.30. The van der Waals surface area contributed by atoms with Gasteiger partial charge in [-0.3, -0.25) is 0 Å². The van der Waals surface area contributed by atoms with E-state index in [0.717, 1.165) is 0 Å². The molecule has 0 aromatic carbocycles. The Morgan fingerprint density at radius 1 is 1.07 bits per heavy atom. The summed E-state index contributed by atoms with van der Waals surface area (Å²) in [6, 6.07) is 0. The van der Waals surface area contributed by atoms with Crippen molar-refractivity contribution in [2.45, 2.75) is 68.8 Å². The lowest BCUT2D eigenvalue weighted by Gasteiger charge is -2.16. The van der Waals surface area contributed by atoms with Crippen LogP contribution in [0, 0.1) is 0 Å². The summed E-state index contributed by atoms with van der Waals surface area (Å²) in [5, 5.41) is 0. The van der Waals surface area contributed by atoms with Crippen LogP contribution in [0.2, 0.25) is 0 Å². The minimum Gasteiger partial charge on any atom is -0.381 e. The van der Waals surface area contributed by atoms with Gasteiger partial charge < -0.3 is 4.74 Å². The van der Waals surface area contributed by atoms with Crippen LogP contribution in [0.25, 0.3) is 0 Å². The van der Waals surface area contributed by atoms with Gasteiger partial charge in [-0.15, -0.1) is 0 Å². The molecule has 0 amide bonds. The highest BCUT2D eigenvalue weighted by atomic mass is 127. The molecule has 0 aliphatic heterocycles. The smallest absolute Gasteiger partial charge is 0.0660 e. The Kier molecular flexibility index (Phi) is 10.7.